The van der Waals surface area contributed by atoms with Crippen molar-refractivity contribution in [1.82, 2.24) is 24.2 Å². The number of amides is 1. The highest BCUT2D eigenvalue weighted by Crippen LogP contribution is 2.28. The molecule has 0 bridgehead atoms. The van der Waals surface area contributed by atoms with E-state index in [-0.39, 0.29) is 5.91 Å². The van der Waals surface area contributed by atoms with Crippen LogP contribution in [0.4, 0.5) is 0 Å². The van der Waals surface area contributed by atoms with Gasteiger partial charge in [-0.1, -0.05) is 31.5 Å². The standard InChI is InChI=1S/C22H27N5O/c1-2-3-12-25-15-11-23-21(25)18-9-13-26(14-10-18)22(28)19-16-24-27(17-19)20-7-5-4-6-8-20/h4-8,11,15-18H,2-3,9-10,12-14H2,1H3. The van der Waals surface area contributed by atoms with Crippen LogP contribution in [0.15, 0.2) is 55.1 Å². The van der Waals surface area contributed by atoms with Crippen molar-refractivity contribution in [3.8, 4) is 5.69 Å². The Balaban J connectivity index is 1.38. The number of carbonyl (C=O) groups is 1. The molecule has 3 aromatic rings. The highest BCUT2D eigenvalue weighted by molar-refractivity contribution is 5.93. The Morgan fingerprint density at radius 2 is 1.96 bits per heavy atom. The zero-order valence-electron chi connectivity index (χ0n) is 16.4. The van der Waals surface area contributed by atoms with Crippen LogP contribution >= 0.6 is 0 Å². The number of nitrogens with zero attached hydrogens (tertiary/aromatic N) is 5. The molecular formula is C22H27N5O. The van der Waals surface area contributed by atoms with Crippen LogP contribution in [0, 0.1) is 0 Å². The van der Waals surface area contributed by atoms with Gasteiger partial charge in [-0.2, -0.15) is 5.10 Å². The molecule has 1 amide bonds. The number of likely N-dealkylation sites (tertiary alicyclic amines) is 1. The van der Waals surface area contributed by atoms with Crippen molar-refractivity contribution in [2.24, 2.45) is 0 Å². The summed E-state index contributed by atoms with van der Waals surface area (Å²) < 4.78 is 4.04. The number of rotatable bonds is 6. The first-order valence-electron chi connectivity index (χ1n) is 10.2. The zero-order chi connectivity index (χ0) is 19.3. The highest BCUT2D eigenvalue weighted by Gasteiger charge is 2.27. The molecule has 1 aromatic carbocycles. The first-order valence-corrected chi connectivity index (χ1v) is 10.2. The Kier molecular flexibility index (Phi) is 5.55. The topological polar surface area (TPSA) is 56.0 Å². The molecule has 146 valence electrons. The van der Waals surface area contributed by atoms with Crippen LogP contribution in [0.2, 0.25) is 0 Å². The lowest BCUT2D eigenvalue weighted by Crippen LogP contribution is -2.38. The molecule has 0 unspecified atom stereocenters. The Bertz CT molecular complexity index is 906. The molecule has 1 saturated heterocycles. The monoisotopic (exact) mass is 377 g/mol. The van der Waals surface area contributed by atoms with E-state index in [2.05, 4.69) is 27.8 Å². The summed E-state index contributed by atoms with van der Waals surface area (Å²) in [6.07, 6.45) is 11.7. The summed E-state index contributed by atoms with van der Waals surface area (Å²) in [7, 11) is 0. The smallest absolute Gasteiger partial charge is 0.257 e. The molecule has 6 heteroatoms. The van der Waals surface area contributed by atoms with E-state index in [1.54, 1.807) is 10.9 Å². The van der Waals surface area contributed by atoms with Gasteiger partial charge < -0.3 is 9.47 Å². The molecule has 28 heavy (non-hydrogen) atoms. The van der Waals surface area contributed by atoms with Gasteiger partial charge in [-0.3, -0.25) is 4.79 Å². The van der Waals surface area contributed by atoms with E-state index in [9.17, 15) is 4.79 Å². The van der Waals surface area contributed by atoms with Crippen LogP contribution in [0.5, 0.6) is 0 Å². The molecule has 0 N–H and O–H groups in total. The predicted molar refractivity (Wildman–Crippen MR) is 109 cm³/mol. The minimum absolute atomic E-state index is 0.0648. The third-order valence-corrected chi connectivity index (χ3v) is 5.50. The number of aromatic nitrogens is 4. The summed E-state index contributed by atoms with van der Waals surface area (Å²) in [5.74, 6) is 1.68. The molecule has 0 spiro atoms. The second-order valence-corrected chi connectivity index (χ2v) is 7.41. The number of piperidine rings is 1. The van der Waals surface area contributed by atoms with E-state index >= 15 is 0 Å². The Morgan fingerprint density at radius 3 is 2.71 bits per heavy atom. The van der Waals surface area contributed by atoms with E-state index in [1.165, 1.54) is 18.7 Å². The summed E-state index contributed by atoms with van der Waals surface area (Å²) in [4.78, 5) is 19.4. The van der Waals surface area contributed by atoms with Gasteiger partial charge in [0.15, 0.2) is 0 Å². The van der Waals surface area contributed by atoms with Gasteiger partial charge >= 0.3 is 0 Å². The molecule has 0 aliphatic carbocycles. The van der Waals surface area contributed by atoms with Crippen LogP contribution < -0.4 is 0 Å². The van der Waals surface area contributed by atoms with E-state index in [4.69, 9.17) is 0 Å². The molecule has 1 fully saturated rings. The van der Waals surface area contributed by atoms with Crippen LogP contribution in [0.1, 0.15) is 54.7 Å². The Hall–Kier alpha value is -2.89. The SMILES string of the molecule is CCCCn1ccnc1C1CCN(C(=O)c2cnn(-c3ccccc3)c2)CC1. The lowest BCUT2D eigenvalue weighted by atomic mass is 9.95. The zero-order valence-corrected chi connectivity index (χ0v) is 16.4. The van der Waals surface area contributed by atoms with E-state index in [0.29, 0.717) is 11.5 Å². The lowest BCUT2D eigenvalue weighted by Gasteiger charge is -2.31. The van der Waals surface area contributed by atoms with E-state index < -0.39 is 0 Å². The van der Waals surface area contributed by atoms with Crippen molar-refractivity contribution < 1.29 is 4.79 Å². The molecule has 1 aliphatic heterocycles. The van der Waals surface area contributed by atoms with Crippen LogP contribution in [0.25, 0.3) is 5.69 Å². The van der Waals surface area contributed by atoms with Gasteiger partial charge in [-0.25, -0.2) is 9.67 Å². The molecule has 0 atom stereocenters. The maximum Gasteiger partial charge on any atom is 0.257 e. The van der Waals surface area contributed by atoms with Crippen molar-refractivity contribution in [3.05, 3.63) is 66.5 Å². The van der Waals surface area contributed by atoms with Crippen LogP contribution in [0.3, 0.4) is 0 Å². The number of unbranched alkanes of at least 4 members (excludes halogenated alkanes) is 1. The number of para-hydroxylation sites is 1. The fourth-order valence-electron chi connectivity index (χ4n) is 3.88. The van der Waals surface area contributed by atoms with Gasteiger partial charge in [0.25, 0.3) is 5.91 Å². The molecule has 1 aliphatic rings. The summed E-state index contributed by atoms with van der Waals surface area (Å²) >= 11 is 0. The number of hydrogen-bond donors (Lipinski definition) is 0. The third-order valence-electron chi connectivity index (χ3n) is 5.50. The average Bonchev–Trinajstić information content (AvgIpc) is 3.42. The maximum atomic E-state index is 12.9. The number of carbonyl (C=O) groups excluding carboxylic acids is 1. The molecule has 4 rings (SSSR count). The minimum atomic E-state index is 0.0648. The first-order chi connectivity index (χ1) is 13.8. The largest absolute Gasteiger partial charge is 0.339 e. The van der Waals surface area contributed by atoms with Crippen LogP contribution in [-0.4, -0.2) is 43.2 Å². The summed E-state index contributed by atoms with van der Waals surface area (Å²) in [6, 6.07) is 9.86. The fraction of sp³-hybridized carbons (Fsp3) is 0.409. The normalized spacial score (nSPS) is 15.1. The highest BCUT2D eigenvalue weighted by atomic mass is 16.2. The van der Waals surface area contributed by atoms with Crippen molar-refractivity contribution in [3.63, 3.8) is 0 Å². The van der Waals surface area contributed by atoms with Gasteiger partial charge in [-0.05, 0) is 31.4 Å². The van der Waals surface area contributed by atoms with Crippen molar-refractivity contribution in [2.45, 2.75) is 45.1 Å². The second-order valence-electron chi connectivity index (χ2n) is 7.41. The Morgan fingerprint density at radius 1 is 1.18 bits per heavy atom. The number of benzene rings is 1. The third kappa shape index (κ3) is 3.86. The van der Waals surface area contributed by atoms with E-state index in [1.807, 2.05) is 47.6 Å². The van der Waals surface area contributed by atoms with E-state index in [0.717, 1.165) is 38.2 Å². The first kappa shape index (κ1) is 18.5. The van der Waals surface area contributed by atoms with Gasteiger partial charge in [0, 0.05) is 44.1 Å². The fourth-order valence-corrected chi connectivity index (χ4v) is 3.88. The van der Waals surface area contributed by atoms with Crippen molar-refractivity contribution in [2.75, 3.05) is 13.1 Å². The number of hydrogen-bond acceptors (Lipinski definition) is 3. The predicted octanol–water partition coefficient (Wildman–Crippen LogP) is 3.89. The molecular weight excluding hydrogens is 350 g/mol. The van der Waals surface area contributed by atoms with Gasteiger partial charge in [-0.15, -0.1) is 0 Å². The molecule has 0 radical (unpaired) electrons. The van der Waals surface area contributed by atoms with Crippen LogP contribution in [-0.2, 0) is 6.54 Å². The van der Waals surface area contributed by atoms with Crippen molar-refractivity contribution in [1.29, 1.82) is 0 Å². The quantitative estimate of drug-likeness (QED) is 0.655. The molecule has 2 aromatic heterocycles. The summed E-state index contributed by atoms with van der Waals surface area (Å²) in [5.41, 5.74) is 1.60. The average molecular weight is 377 g/mol. The van der Waals surface area contributed by atoms with Gasteiger partial charge in [0.2, 0.25) is 0 Å². The Labute approximate surface area is 165 Å². The summed E-state index contributed by atoms with van der Waals surface area (Å²) in [6.45, 7) is 4.77. The van der Waals surface area contributed by atoms with Gasteiger partial charge in [0.1, 0.15) is 5.82 Å². The van der Waals surface area contributed by atoms with Crippen molar-refractivity contribution >= 4 is 5.91 Å². The molecule has 6 nitrogen and oxygen atoms in total. The number of aryl methyl sites for hydroxylation is 1. The number of imidazole rings is 1. The lowest BCUT2D eigenvalue weighted by molar-refractivity contribution is 0.0710. The minimum Gasteiger partial charge on any atom is -0.339 e. The molecule has 0 saturated carbocycles. The summed E-state index contributed by atoms with van der Waals surface area (Å²) in [5, 5.41) is 4.35. The molecule has 3 heterocycles. The van der Waals surface area contributed by atoms with Gasteiger partial charge in [0.05, 0.1) is 17.4 Å². The maximum absolute atomic E-state index is 12.9. The second kappa shape index (κ2) is 8.42.